The van der Waals surface area contributed by atoms with Crippen LogP contribution in [0.25, 0.3) is 43.6 Å². The minimum absolute atomic E-state index is 0.335. The third kappa shape index (κ3) is 5.38. The number of nitrogens with zero attached hydrogens (tertiary/aromatic N) is 6. The second-order valence-corrected chi connectivity index (χ2v) is 22.5. The van der Waals surface area contributed by atoms with E-state index in [0.717, 1.165) is 43.6 Å². The van der Waals surface area contributed by atoms with Gasteiger partial charge in [0.1, 0.15) is 0 Å². The average Bonchev–Trinajstić information content (AvgIpc) is 3.18. The zero-order valence-corrected chi connectivity index (χ0v) is 33.2. The molecule has 9 rings (SSSR count). The zero-order valence-electron chi connectivity index (χ0n) is 31.3. The molecule has 0 unspecified atom stereocenters. The first kappa shape index (κ1) is 33.8. The Morgan fingerprint density at radius 3 is 1.17 bits per heavy atom. The van der Waals surface area contributed by atoms with Crippen LogP contribution in [0.4, 0.5) is 22.7 Å². The van der Waals surface area contributed by atoms with E-state index in [2.05, 4.69) is 155 Å². The summed E-state index contributed by atoms with van der Waals surface area (Å²) in [5.41, 5.74) is 9.48. The molecule has 8 aromatic rings. The van der Waals surface area contributed by atoms with E-state index in [1.807, 2.05) is 24.8 Å². The van der Waals surface area contributed by atoms with Crippen LogP contribution < -0.4 is 31.0 Å². The van der Waals surface area contributed by atoms with Gasteiger partial charge in [0.2, 0.25) is 0 Å². The Morgan fingerprint density at radius 2 is 0.830 bits per heavy atom. The molecule has 8 heteroatoms. The van der Waals surface area contributed by atoms with Crippen LogP contribution in [0.15, 0.2) is 122 Å². The molecule has 0 saturated carbocycles. The Kier molecular flexibility index (Phi) is 8.18. The van der Waals surface area contributed by atoms with Crippen molar-refractivity contribution in [2.75, 3.05) is 30.6 Å². The molecule has 53 heavy (non-hydrogen) atoms. The predicted octanol–water partition coefficient (Wildman–Crippen LogP) is 9.31. The molecular weight excluding hydrogens is 686 g/mol. The van der Waals surface area contributed by atoms with Gasteiger partial charge in [0.15, 0.2) is 0 Å². The SMILES string of the molecule is CC(C)P1c2cc3cccnc3cc2N(C)c2cc3ncccc3cc2[PH](C)(C(C)C)c2cc3cccnc3cc2N(C)c2cc3ncccc3cc21. The zero-order chi connectivity index (χ0) is 36.6. The summed E-state index contributed by atoms with van der Waals surface area (Å²) in [6.45, 7) is 12.2. The molecule has 6 nitrogen and oxygen atoms in total. The van der Waals surface area contributed by atoms with Crippen molar-refractivity contribution in [3.05, 3.63) is 122 Å². The number of anilines is 4. The van der Waals surface area contributed by atoms with Gasteiger partial charge in [-0.2, -0.15) is 0 Å². The number of pyridine rings is 4. The van der Waals surface area contributed by atoms with Gasteiger partial charge < -0.3 is 0 Å². The van der Waals surface area contributed by atoms with Crippen LogP contribution in [0.3, 0.4) is 0 Å². The van der Waals surface area contributed by atoms with Crippen molar-refractivity contribution in [2.24, 2.45) is 0 Å². The van der Waals surface area contributed by atoms with Gasteiger partial charge >= 0.3 is 314 Å². The molecule has 4 aromatic heterocycles. The van der Waals surface area contributed by atoms with Crippen LogP contribution in [0.2, 0.25) is 0 Å². The molecule has 1 aliphatic heterocycles. The molecule has 0 radical (unpaired) electrons. The van der Waals surface area contributed by atoms with E-state index in [1.54, 1.807) is 0 Å². The molecule has 0 spiro atoms. The van der Waals surface area contributed by atoms with E-state index in [-0.39, 0.29) is 0 Å². The van der Waals surface area contributed by atoms with Crippen LogP contribution in [0, 0.1) is 0 Å². The summed E-state index contributed by atoms with van der Waals surface area (Å²) in [5, 5.41) is 10.1. The van der Waals surface area contributed by atoms with E-state index in [0.29, 0.717) is 11.3 Å². The second kappa shape index (κ2) is 12.8. The van der Waals surface area contributed by atoms with Crippen LogP contribution in [0.5, 0.6) is 0 Å². The van der Waals surface area contributed by atoms with Crippen LogP contribution in [-0.2, 0) is 0 Å². The first-order chi connectivity index (χ1) is 25.6. The summed E-state index contributed by atoms with van der Waals surface area (Å²) >= 11 is 0. The van der Waals surface area contributed by atoms with Gasteiger partial charge in [-0.15, -0.1) is 0 Å². The fourth-order valence-electron chi connectivity index (χ4n) is 8.44. The van der Waals surface area contributed by atoms with Gasteiger partial charge in [0.25, 0.3) is 0 Å². The standard InChI is InChI=1S/C45H44N6P2/c1-28(2)52-42-20-30-12-8-16-46-34(30)24-38(42)50(5)40-26-36-32(14-10-18-48-36)22-44(40)53(7,29(3)4)45-23-33-15-11-19-49-37(33)27-41(45)51(6)39-25-35-31(21-43(39)52)13-9-17-47-35/h8-29,53H,1-7H3. The van der Waals surface area contributed by atoms with E-state index in [4.69, 9.17) is 19.9 Å². The molecule has 1 aliphatic rings. The molecule has 0 atom stereocenters. The van der Waals surface area contributed by atoms with Crippen molar-refractivity contribution in [2.45, 2.75) is 39.0 Å². The Hall–Kier alpha value is -5.02. The topological polar surface area (TPSA) is 58.0 Å². The van der Waals surface area contributed by atoms with Crippen molar-refractivity contribution < 1.29 is 0 Å². The van der Waals surface area contributed by atoms with Gasteiger partial charge in [-0.3, -0.25) is 0 Å². The molecule has 264 valence electrons. The van der Waals surface area contributed by atoms with Crippen LogP contribution in [0.1, 0.15) is 27.7 Å². The van der Waals surface area contributed by atoms with Gasteiger partial charge in [-0.05, 0) is 0 Å². The second-order valence-electron chi connectivity index (χ2n) is 15.1. The molecule has 0 fully saturated rings. The summed E-state index contributed by atoms with van der Waals surface area (Å²) in [6.07, 6.45) is 7.63. The maximum absolute atomic E-state index is 4.91. The van der Waals surface area contributed by atoms with Crippen molar-refractivity contribution >= 4 is 103 Å². The number of hydrogen-bond donors (Lipinski definition) is 0. The third-order valence-electron chi connectivity index (χ3n) is 11.6. The first-order valence-electron chi connectivity index (χ1n) is 18.5. The van der Waals surface area contributed by atoms with Gasteiger partial charge in [-0.25, -0.2) is 0 Å². The average molecular weight is 731 g/mol. The van der Waals surface area contributed by atoms with Crippen molar-refractivity contribution in [3.8, 4) is 0 Å². The monoisotopic (exact) mass is 730 g/mol. The maximum atomic E-state index is 4.91. The fraction of sp³-hybridized carbons (Fsp3) is 0.200. The van der Waals surface area contributed by atoms with E-state index in [9.17, 15) is 0 Å². The minimum atomic E-state index is -2.60. The summed E-state index contributed by atoms with van der Waals surface area (Å²) < 4.78 is 0. The predicted molar refractivity (Wildman–Crippen MR) is 233 cm³/mol. The summed E-state index contributed by atoms with van der Waals surface area (Å²) in [4.78, 5) is 24.5. The number of benzene rings is 4. The molecular formula is C45H44N6P2. The van der Waals surface area contributed by atoms with Crippen LogP contribution in [-0.4, -0.2) is 52.0 Å². The van der Waals surface area contributed by atoms with Gasteiger partial charge in [0.05, 0.1) is 0 Å². The normalized spacial score (nSPS) is 16.3. The molecule has 4 aromatic carbocycles. The molecule has 0 aliphatic carbocycles. The first-order valence-corrected chi connectivity index (χ1v) is 22.4. The van der Waals surface area contributed by atoms with E-state index in [1.165, 1.54) is 44.0 Å². The summed E-state index contributed by atoms with van der Waals surface area (Å²) in [7, 11) is 1.02. The quantitative estimate of drug-likeness (QED) is 0.165. The number of hydrogen-bond acceptors (Lipinski definition) is 6. The van der Waals surface area contributed by atoms with Crippen molar-refractivity contribution in [3.63, 3.8) is 0 Å². The fourth-order valence-corrected chi connectivity index (χ4v) is 15.3. The Labute approximate surface area is 313 Å². The molecule has 0 amide bonds. The van der Waals surface area contributed by atoms with Crippen LogP contribution >= 0.6 is 15.2 Å². The molecule has 5 heterocycles. The molecule has 0 saturated heterocycles. The number of aromatic nitrogens is 4. The van der Waals surface area contributed by atoms with E-state index < -0.39 is 15.2 Å². The van der Waals surface area contributed by atoms with E-state index >= 15 is 0 Å². The molecule has 0 N–H and O–H groups in total. The Balaban J connectivity index is 1.50. The summed E-state index contributed by atoms with van der Waals surface area (Å²) in [6, 6.07) is 36.1. The van der Waals surface area contributed by atoms with Crippen molar-refractivity contribution in [1.29, 1.82) is 0 Å². The molecule has 0 bridgehead atoms. The Morgan fingerprint density at radius 1 is 0.491 bits per heavy atom. The van der Waals surface area contributed by atoms with Gasteiger partial charge in [0, 0.05) is 0 Å². The number of fused-ring (bicyclic) bond motifs is 8. The number of rotatable bonds is 2. The summed E-state index contributed by atoms with van der Waals surface area (Å²) in [5.74, 6) is 0. The van der Waals surface area contributed by atoms with Gasteiger partial charge in [-0.1, -0.05) is 0 Å². The third-order valence-corrected chi connectivity index (χ3v) is 19.7. The Bertz CT molecular complexity index is 2550. The van der Waals surface area contributed by atoms with Crippen molar-refractivity contribution in [1.82, 2.24) is 19.9 Å².